The first-order valence-electron chi connectivity index (χ1n) is 17.1. The summed E-state index contributed by atoms with van der Waals surface area (Å²) in [5.41, 5.74) is 11.9. The van der Waals surface area contributed by atoms with E-state index in [1.807, 2.05) is 54.6 Å². The Hall–Kier alpha value is -6.91. The molecule has 0 fully saturated rings. The van der Waals surface area contributed by atoms with Gasteiger partial charge in [0.05, 0.1) is 0 Å². The average molecular weight is 655 g/mol. The summed E-state index contributed by atoms with van der Waals surface area (Å²) < 4.78 is 12.8. The van der Waals surface area contributed by atoms with Crippen LogP contribution in [0.1, 0.15) is 0 Å². The van der Waals surface area contributed by atoms with Crippen molar-refractivity contribution in [1.29, 1.82) is 0 Å². The predicted octanol–water partition coefficient (Wildman–Crippen LogP) is 13.4. The smallest absolute Gasteiger partial charge is 0.227 e. The minimum absolute atomic E-state index is 0.617. The van der Waals surface area contributed by atoms with Crippen molar-refractivity contribution in [2.75, 3.05) is 4.90 Å². The van der Waals surface area contributed by atoms with Gasteiger partial charge in [0.25, 0.3) is 0 Å². The Bertz CT molecular complexity index is 2840. The highest BCUT2D eigenvalue weighted by molar-refractivity contribution is 6.10. The second-order valence-electron chi connectivity index (χ2n) is 12.8. The summed E-state index contributed by atoms with van der Waals surface area (Å²) in [5.74, 6) is 0.617. The number of furan rings is 1. The van der Waals surface area contributed by atoms with E-state index in [1.54, 1.807) is 0 Å². The first-order chi connectivity index (χ1) is 25.3. The highest BCUT2D eigenvalue weighted by Gasteiger charge is 2.19. The normalized spacial score (nSPS) is 11.5. The molecule has 51 heavy (non-hydrogen) atoms. The van der Waals surface area contributed by atoms with Crippen molar-refractivity contribution in [3.63, 3.8) is 0 Å². The summed E-state index contributed by atoms with van der Waals surface area (Å²) in [6.07, 6.45) is 0. The lowest BCUT2D eigenvalue weighted by Gasteiger charge is -2.26. The minimum atomic E-state index is 0.617. The van der Waals surface area contributed by atoms with Crippen LogP contribution in [0.3, 0.4) is 0 Å². The molecule has 8 aromatic carbocycles. The summed E-state index contributed by atoms with van der Waals surface area (Å²) >= 11 is 0. The van der Waals surface area contributed by atoms with Gasteiger partial charge in [-0.2, -0.15) is 0 Å². The van der Waals surface area contributed by atoms with Crippen LogP contribution in [0, 0.1) is 0 Å². The van der Waals surface area contributed by atoms with Gasteiger partial charge >= 0.3 is 0 Å². The molecule has 0 radical (unpaired) electrons. The van der Waals surface area contributed by atoms with Gasteiger partial charge in [-0.05, 0) is 82.7 Å². The van der Waals surface area contributed by atoms with E-state index in [0.29, 0.717) is 5.89 Å². The Morgan fingerprint density at radius 1 is 0.392 bits per heavy atom. The molecule has 10 aromatic rings. The molecule has 0 saturated heterocycles. The number of nitrogens with zero attached hydrogens (tertiary/aromatic N) is 2. The third-order valence-corrected chi connectivity index (χ3v) is 9.70. The maximum atomic E-state index is 6.48. The van der Waals surface area contributed by atoms with Crippen LogP contribution in [0.25, 0.3) is 77.5 Å². The molecule has 4 heteroatoms. The van der Waals surface area contributed by atoms with Gasteiger partial charge in [0.1, 0.15) is 16.7 Å². The highest BCUT2D eigenvalue weighted by Crippen LogP contribution is 2.41. The number of fused-ring (bicyclic) bond motifs is 6. The molecule has 240 valence electrons. The number of rotatable bonds is 6. The summed E-state index contributed by atoms with van der Waals surface area (Å²) in [5, 5.41) is 4.38. The lowest BCUT2D eigenvalue weighted by Crippen LogP contribution is -2.09. The molecule has 0 N–H and O–H groups in total. The quantitative estimate of drug-likeness (QED) is 0.179. The van der Waals surface area contributed by atoms with Crippen molar-refractivity contribution in [2.24, 2.45) is 0 Å². The van der Waals surface area contributed by atoms with Crippen LogP contribution in [0.2, 0.25) is 0 Å². The molecular weight excluding hydrogens is 625 g/mol. The Labute approximate surface area is 294 Å². The van der Waals surface area contributed by atoms with Gasteiger partial charge in [0, 0.05) is 50.4 Å². The van der Waals surface area contributed by atoms with Gasteiger partial charge in [-0.1, -0.05) is 115 Å². The topological polar surface area (TPSA) is 42.4 Å². The third kappa shape index (κ3) is 5.04. The van der Waals surface area contributed by atoms with E-state index < -0.39 is 0 Å². The number of para-hydroxylation sites is 1. The van der Waals surface area contributed by atoms with Crippen LogP contribution in [0.15, 0.2) is 191 Å². The van der Waals surface area contributed by atoms with Crippen molar-refractivity contribution in [3.8, 4) is 33.7 Å². The lowest BCUT2D eigenvalue weighted by molar-refractivity contribution is 0.623. The van der Waals surface area contributed by atoms with E-state index in [9.17, 15) is 0 Å². The van der Waals surface area contributed by atoms with E-state index in [-0.39, 0.29) is 0 Å². The fourth-order valence-electron chi connectivity index (χ4n) is 7.19. The molecule has 4 nitrogen and oxygen atoms in total. The van der Waals surface area contributed by atoms with E-state index in [0.717, 1.165) is 77.6 Å². The molecule has 0 aliphatic rings. The van der Waals surface area contributed by atoms with Crippen molar-refractivity contribution in [1.82, 2.24) is 4.98 Å². The zero-order valence-electron chi connectivity index (χ0n) is 27.5. The number of benzene rings is 8. The Balaban J connectivity index is 1.10. The van der Waals surface area contributed by atoms with Crippen LogP contribution in [-0.2, 0) is 0 Å². The summed E-state index contributed by atoms with van der Waals surface area (Å²) in [6.45, 7) is 0. The van der Waals surface area contributed by atoms with Crippen LogP contribution in [0.4, 0.5) is 17.1 Å². The summed E-state index contributed by atoms with van der Waals surface area (Å²) in [4.78, 5) is 7.34. The molecule has 0 aliphatic heterocycles. The number of oxazole rings is 1. The lowest BCUT2D eigenvalue weighted by atomic mass is 9.99. The standard InChI is InChI=1S/C47H30N2O2/c1-3-11-31(12-4-1)32-19-23-36(24-20-32)49(38-27-28-41-40-17-9-10-18-43(40)50-44(41)30-38)37-25-21-33(22-26-37)42-29-35-15-7-8-16-39(35)46-45(42)48-47(51-46)34-13-5-2-6-14-34/h1-30H. The van der Waals surface area contributed by atoms with Crippen molar-refractivity contribution in [3.05, 3.63) is 182 Å². The zero-order valence-corrected chi connectivity index (χ0v) is 27.5. The largest absolute Gasteiger partial charge is 0.456 e. The van der Waals surface area contributed by atoms with E-state index in [4.69, 9.17) is 13.8 Å². The summed E-state index contributed by atoms with van der Waals surface area (Å²) in [7, 11) is 0. The van der Waals surface area contributed by atoms with Gasteiger partial charge in [-0.3, -0.25) is 0 Å². The maximum Gasteiger partial charge on any atom is 0.227 e. The molecule has 10 rings (SSSR count). The minimum Gasteiger partial charge on any atom is -0.456 e. The number of aromatic nitrogens is 1. The van der Waals surface area contributed by atoms with Crippen molar-refractivity contribution >= 4 is 60.9 Å². The van der Waals surface area contributed by atoms with Gasteiger partial charge in [-0.25, -0.2) is 4.98 Å². The van der Waals surface area contributed by atoms with Crippen molar-refractivity contribution < 1.29 is 8.83 Å². The van der Waals surface area contributed by atoms with Crippen LogP contribution < -0.4 is 4.90 Å². The fourth-order valence-corrected chi connectivity index (χ4v) is 7.19. The Morgan fingerprint density at radius 2 is 0.961 bits per heavy atom. The second-order valence-corrected chi connectivity index (χ2v) is 12.8. The van der Waals surface area contributed by atoms with Crippen LogP contribution >= 0.6 is 0 Å². The molecule has 0 aliphatic carbocycles. The zero-order chi connectivity index (χ0) is 33.7. The van der Waals surface area contributed by atoms with Gasteiger partial charge < -0.3 is 13.7 Å². The number of hydrogen-bond donors (Lipinski definition) is 0. The maximum absolute atomic E-state index is 6.48. The number of anilines is 3. The molecule has 0 bridgehead atoms. The molecular formula is C47H30N2O2. The van der Waals surface area contributed by atoms with Gasteiger partial charge in [0.15, 0.2) is 5.58 Å². The van der Waals surface area contributed by atoms with Gasteiger partial charge in [0.2, 0.25) is 5.89 Å². The monoisotopic (exact) mass is 654 g/mol. The molecule has 0 amide bonds. The first kappa shape index (κ1) is 29.0. The summed E-state index contributed by atoms with van der Waals surface area (Å²) in [6, 6.07) is 63.3. The molecule has 0 spiro atoms. The van der Waals surface area contributed by atoms with Crippen LogP contribution in [-0.4, -0.2) is 4.98 Å². The molecule has 2 aromatic heterocycles. The molecule has 0 saturated carbocycles. The SMILES string of the molecule is c1ccc(-c2ccc(N(c3ccc(-c4cc5ccccc5c5oc(-c6ccccc6)nc45)cc3)c3ccc4c(c3)oc3ccccc34)cc2)cc1. The Kier molecular flexibility index (Phi) is 6.78. The second kappa shape index (κ2) is 11.9. The molecule has 0 unspecified atom stereocenters. The third-order valence-electron chi connectivity index (χ3n) is 9.70. The molecule has 0 atom stereocenters. The van der Waals surface area contributed by atoms with Crippen molar-refractivity contribution in [2.45, 2.75) is 0 Å². The van der Waals surface area contributed by atoms with Crippen LogP contribution in [0.5, 0.6) is 0 Å². The average Bonchev–Trinajstić information content (AvgIpc) is 3.82. The number of hydrogen-bond acceptors (Lipinski definition) is 4. The van der Waals surface area contributed by atoms with E-state index >= 15 is 0 Å². The van der Waals surface area contributed by atoms with E-state index in [1.165, 1.54) is 11.1 Å². The highest BCUT2D eigenvalue weighted by atomic mass is 16.3. The van der Waals surface area contributed by atoms with Gasteiger partial charge in [-0.15, -0.1) is 0 Å². The van der Waals surface area contributed by atoms with E-state index in [2.05, 4.69) is 132 Å². The fraction of sp³-hybridized carbons (Fsp3) is 0. The molecule has 2 heterocycles. The Morgan fingerprint density at radius 3 is 1.71 bits per heavy atom. The first-order valence-corrected chi connectivity index (χ1v) is 17.1. The predicted molar refractivity (Wildman–Crippen MR) is 210 cm³/mol.